The summed E-state index contributed by atoms with van der Waals surface area (Å²) in [6, 6.07) is 3.21. The van der Waals surface area contributed by atoms with Crippen molar-refractivity contribution in [2.75, 3.05) is 36.4 Å². The first-order chi connectivity index (χ1) is 13.8. The van der Waals surface area contributed by atoms with Crippen molar-refractivity contribution in [2.24, 2.45) is 0 Å². The molecule has 2 atom stereocenters. The Balaban J connectivity index is 1.57. The topological polar surface area (TPSA) is 44.3 Å². The molecule has 28 heavy (non-hydrogen) atoms. The van der Waals surface area contributed by atoms with Crippen LogP contribution in [0.2, 0.25) is 0 Å². The Labute approximate surface area is 172 Å². The van der Waals surface area contributed by atoms with E-state index in [-0.39, 0.29) is 0 Å². The second-order valence-electron chi connectivity index (χ2n) is 8.82. The Kier molecular flexibility index (Phi) is 8.84. The molecule has 1 aromatic heterocycles. The minimum Gasteiger partial charge on any atom is -0.356 e. The van der Waals surface area contributed by atoms with E-state index in [1.165, 1.54) is 77.2 Å². The van der Waals surface area contributed by atoms with Gasteiger partial charge >= 0.3 is 0 Å². The monoisotopic (exact) mass is 387 g/mol. The highest BCUT2D eigenvalue weighted by Crippen LogP contribution is 2.21. The van der Waals surface area contributed by atoms with Gasteiger partial charge in [0.1, 0.15) is 5.82 Å². The maximum Gasteiger partial charge on any atom is 0.224 e. The van der Waals surface area contributed by atoms with Gasteiger partial charge < -0.3 is 10.2 Å². The van der Waals surface area contributed by atoms with Crippen LogP contribution in [0.25, 0.3) is 0 Å². The number of aromatic nitrogens is 2. The number of anilines is 2. The number of hydrogen-bond acceptors (Lipinski definition) is 5. The zero-order chi connectivity index (χ0) is 19.6. The molecule has 2 fully saturated rings. The summed E-state index contributed by atoms with van der Waals surface area (Å²) in [6.45, 7) is 9.31. The number of likely N-dealkylation sites (tertiary alicyclic amines) is 1. The number of nitrogens with zero attached hydrogens (tertiary/aromatic N) is 4. The number of unbranched alkanes of at least 4 members (excludes halogenated alkanes) is 2. The maximum atomic E-state index is 4.88. The predicted molar refractivity (Wildman–Crippen MR) is 119 cm³/mol. The van der Waals surface area contributed by atoms with E-state index in [9.17, 15) is 0 Å². The highest BCUT2D eigenvalue weighted by molar-refractivity contribution is 5.43. The summed E-state index contributed by atoms with van der Waals surface area (Å²) in [5.74, 6) is 1.91. The zero-order valence-corrected chi connectivity index (χ0v) is 18.2. The van der Waals surface area contributed by atoms with E-state index >= 15 is 0 Å². The molecule has 3 rings (SSSR count). The first-order valence-corrected chi connectivity index (χ1v) is 11.8. The van der Waals surface area contributed by atoms with Crippen molar-refractivity contribution in [3.8, 4) is 0 Å². The van der Waals surface area contributed by atoms with Gasteiger partial charge in [-0.1, -0.05) is 45.4 Å². The summed E-state index contributed by atoms with van der Waals surface area (Å²) in [7, 11) is 0. The van der Waals surface area contributed by atoms with Gasteiger partial charge in [0.15, 0.2) is 0 Å². The summed E-state index contributed by atoms with van der Waals surface area (Å²) in [5.41, 5.74) is 0. The van der Waals surface area contributed by atoms with E-state index in [1.54, 1.807) is 0 Å². The van der Waals surface area contributed by atoms with Gasteiger partial charge in [-0.05, 0) is 51.6 Å². The fourth-order valence-electron chi connectivity index (χ4n) is 4.64. The van der Waals surface area contributed by atoms with E-state index < -0.39 is 0 Å². The van der Waals surface area contributed by atoms with Gasteiger partial charge in [0.2, 0.25) is 5.95 Å². The van der Waals surface area contributed by atoms with Crippen LogP contribution in [0.1, 0.15) is 84.5 Å². The second-order valence-corrected chi connectivity index (χ2v) is 8.82. The highest BCUT2D eigenvalue weighted by atomic mass is 15.2. The minimum atomic E-state index is 0.454. The zero-order valence-electron chi connectivity index (χ0n) is 18.2. The molecule has 0 radical (unpaired) electrons. The van der Waals surface area contributed by atoms with Crippen LogP contribution in [-0.2, 0) is 0 Å². The molecule has 2 aliphatic rings. The lowest BCUT2D eigenvalue weighted by atomic mass is 10.1. The second kappa shape index (κ2) is 11.6. The minimum absolute atomic E-state index is 0.454. The van der Waals surface area contributed by atoms with Crippen LogP contribution in [0.3, 0.4) is 0 Å². The summed E-state index contributed by atoms with van der Waals surface area (Å²) >= 11 is 0. The van der Waals surface area contributed by atoms with Crippen molar-refractivity contribution in [1.29, 1.82) is 0 Å². The van der Waals surface area contributed by atoms with Gasteiger partial charge in [-0.25, -0.2) is 4.98 Å². The lowest BCUT2D eigenvalue weighted by Gasteiger charge is -2.31. The van der Waals surface area contributed by atoms with Crippen molar-refractivity contribution in [1.82, 2.24) is 14.9 Å². The number of rotatable bonds is 8. The molecule has 2 aliphatic heterocycles. The molecule has 0 amide bonds. The fraction of sp³-hybridized carbons (Fsp3) is 0.826. The molecule has 3 heterocycles. The van der Waals surface area contributed by atoms with Gasteiger partial charge in [-0.2, -0.15) is 4.98 Å². The number of nitrogens with one attached hydrogen (secondary N) is 1. The normalized spacial score (nSPS) is 23.1. The van der Waals surface area contributed by atoms with Crippen LogP contribution in [0.4, 0.5) is 11.8 Å². The van der Waals surface area contributed by atoms with Crippen LogP contribution < -0.4 is 10.2 Å². The van der Waals surface area contributed by atoms with Crippen LogP contribution >= 0.6 is 0 Å². The molecule has 5 heteroatoms. The molecule has 0 aromatic carbocycles. The van der Waals surface area contributed by atoms with Crippen molar-refractivity contribution >= 4 is 11.8 Å². The molecule has 0 saturated carbocycles. The van der Waals surface area contributed by atoms with Crippen LogP contribution in [-0.4, -0.2) is 53.1 Å². The molecule has 158 valence electrons. The molecule has 1 N–H and O–H groups in total. The standard InChI is InChI=1S/C23H41N5/c1-3-4-7-12-20(2)28-18-11-8-13-21(19-28)25-23-24-15-14-22(26-23)27-16-9-5-6-10-17-27/h14-15,20-21H,3-13,16-19H2,1-2H3,(H,24,25,26). The van der Waals surface area contributed by atoms with Crippen LogP contribution in [0.5, 0.6) is 0 Å². The SMILES string of the molecule is CCCCCC(C)N1CCCCC(Nc2nccc(N3CCCCCC3)n2)C1. The molecule has 0 spiro atoms. The molecular formula is C23H41N5. The molecule has 5 nitrogen and oxygen atoms in total. The molecule has 0 bridgehead atoms. The van der Waals surface area contributed by atoms with Gasteiger partial charge in [-0.3, -0.25) is 4.90 Å². The first kappa shape index (κ1) is 21.4. The average molecular weight is 388 g/mol. The van der Waals surface area contributed by atoms with Crippen molar-refractivity contribution in [3.63, 3.8) is 0 Å². The maximum absolute atomic E-state index is 4.88. The van der Waals surface area contributed by atoms with Crippen molar-refractivity contribution in [3.05, 3.63) is 12.3 Å². The molecule has 2 saturated heterocycles. The van der Waals surface area contributed by atoms with Gasteiger partial charge in [0, 0.05) is 37.9 Å². The highest BCUT2D eigenvalue weighted by Gasteiger charge is 2.22. The van der Waals surface area contributed by atoms with Crippen molar-refractivity contribution in [2.45, 2.75) is 96.6 Å². The third-order valence-electron chi connectivity index (χ3n) is 6.46. The smallest absolute Gasteiger partial charge is 0.224 e. The van der Waals surface area contributed by atoms with Crippen LogP contribution in [0.15, 0.2) is 12.3 Å². The average Bonchev–Trinajstić information content (AvgIpc) is 3.11. The van der Waals surface area contributed by atoms with Gasteiger partial charge in [-0.15, -0.1) is 0 Å². The molecule has 1 aromatic rings. The first-order valence-electron chi connectivity index (χ1n) is 11.8. The Morgan fingerprint density at radius 3 is 2.64 bits per heavy atom. The molecule has 0 aliphatic carbocycles. The molecular weight excluding hydrogens is 346 g/mol. The van der Waals surface area contributed by atoms with Crippen LogP contribution in [0, 0.1) is 0 Å². The summed E-state index contributed by atoms with van der Waals surface area (Å²) < 4.78 is 0. The van der Waals surface area contributed by atoms with E-state index in [1.807, 2.05) is 6.20 Å². The Hall–Kier alpha value is -1.36. The lowest BCUT2D eigenvalue weighted by Crippen LogP contribution is -2.40. The lowest BCUT2D eigenvalue weighted by molar-refractivity contribution is 0.199. The van der Waals surface area contributed by atoms with Gasteiger partial charge in [0.05, 0.1) is 0 Å². The number of hydrogen-bond donors (Lipinski definition) is 1. The Morgan fingerprint density at radius 1 is 1.07 bits per heavy atom. The summed E-state index contributed by atoms with van der Waals surface area (Å²) in [6.07, 6.45) is 16.3. The third-order valence-corrected chi connectivity index (χ3v) is 6.46. The predicted octanol–water partition coefficient (Wildman–Crippen LogP) is 5.09. The quantitative estimate of drug-likeness (QED) is 0.629. The Bertz CT molecular complexity index is 556. The largest absolute Gasteiger partial charge is 0.356 e. The third kappa shape index (κ3) is 6.61. The summed E-state index contributed by atoms with van der Waals surface area (Å²) in [5, 5.41) is 3.68. The van der Waals surface area contributed by atoms with E-state index in [2.05, 4.69) is 40.0 Å². The van der Waals surface area contributed by atoms with E-state index in [0.717, 1.165) is 31.4 Å². The van der Waals surface area contributed by atoms with Gasteiger partial charge in [0.25, 0.3) is 0 Å². The van der Waals surface area contributed by atoms with Crippen molar-refractivity contribution < 1.29 is 0 Å². The summed E-state index contributed by atoms with van der Waals surface area (Å²) in [4.78, 5) is 14.6. The fourth-order valence-corrected chi connectivity index (χ4v) is 4.64. The van der Waals surface area contributed by atoms with E-state index in [4.69, 9.17) is 4.98 Å². The van der Waals surface area contributed by atoms with E-state index in [0.29, 0.717) is 12.1 Å². The molecule has 2 unspecified atom stereocenters. The Morgan fingerprint density at radius 2 is 1.86 bits per heavy atom.